The van der Waals surface area contributed by atoms with E-state index in [1.54, 1.807) is 0 Å². The molecule has 258 valence electrons. The van der Waals surface area contributed by atoms with Gasteiger partial charge in [0.05, 0.1) is 38.2 Å². The van der Waals surface area contributed by atoms with Gasteiger partial charge >= 0.3 is 0 Å². The predicted molar refractivity (Wildman–Crippen MR) is 224 cm³/mol. The highest BCUT2D eigenvalue weighted by Gasteiger charge is 2.82. The molecule has 4 aliphatic carbocycles. The maximum absolute atomic E-state index is 5.60. The molecule has 0 saturated heterocycles. The van der Waals surface area contributed by atoms with Crippen molar-refractivity contribution in [2.24, 2.45) is 17.3 Å². The molecule has 5 unspecified atom stereocenters. The minimum Gasteiger partial charge on any atom is -0.333 e. The Kier molecular flexibility index (Phi) is 5.63. The first-order valence-corrected chi connectivity index (χ1v) is 20.2. The summed E-state index contributed by atoms with van der Waals surface area (Å²) in [6, 6.07) is 44.5. The number of nitrogens with zero attached hydrogens (tertiary/aromatic N) is 4. The van der Waals surface area contributed by atoms with Crippen LogP contribution in [0, 0.1) is 17.3 Å². The van der Waals surface area contributed by atoms with E-state index in [9.17, 15) is 0 Å². The van der Waals surface area contributed by atoms with Crippen molar-refractivity contribution >= 4 is 71.6 Å². The zero-order valence-corrected chi connectivity index (χ0v) is 30.9. The maximum Gasteiger partial charge on any atom is 0.108 e. The molecule has 0 aliphatic heterocycles. The van der Waals surface area contributed by atoms with Gasteiger partial charge in [-0.3, -0.25) is 0 Å². The molecule has 2 fully saturated rings. The molecule has 9 aromatic rings. The van der Waals surface area contributed by atoms with E-state index in [4.69, 9.17) is 9.97 Å². The van der Waals surface area contributed by atoms with E-state index in [0.717, 1.165) is 23.4 Å². The van der Waals surface area contributed by atoms with Crippen LogP contribution in [0.15, 0.2) is 140 Å². The van der Waals surface area contributed by atoms with Crippen molar-refractivity contribution in [2.75, 3.05) is 0 Å². The first-order chi connectivity index (χ1) is 26.6. The van der Waals surface area contributed by atoms with Crippen LogP contribution < -0.4 is 0 Å². The molecular formula is C49H36N4S. The van der Waals surface area contributed by atoms with Gasteiger partial charge in [-0.1, -0.05) is 117 Å². The van der Waals surface area contributed by atoms with E-state index >= 15 is 0 Å². The summed E-state index contributed by atoms with van der Waals surface area (Å²) in [5.74, 6) is 2.54. The number of fused-ring (bicyclic) bond motifs is 11. The van der Waals surface area contributed by atoms with Crippen LogP contribution >= 0.6 is 11.3 Å². The number of hydrogen-bond donors (Lipinski definition) is 0. The lowest BCUT2D eigenvalue weighted by molar-refractivity contribution is 0.143. The minimum absolute atomic E-state index is 0.244. The second-order valence-electron chi connectivity index (χ2n) is 16.3. The summed E-state index contributed by atoms with van der Waals surface area (Å²) in [6.07, 6.45) is 8.14. The first kappa shape index (κ1) is 29.6. The lowest BCUT2D eigenvalue weighted by Crippen LogP contribution is -2.35. The van der Waals surface area contributed by atoms with Gasteiger partial charge in [-0.05, 0) is 71.2 Å². The van der Waals surface area contributed by atoms with Crippen molar-refractivity contribution in [3.05, 3.63) is 156 Å². The molecule has 0 N–H and O–H groups in total. The van der Waals surface area contributed by atoms with Crippen molar-refractivity contribution in [3.63, 3.8) is 0 Å². The van der Waals surface area contributed by atoms with Gasteiger partial charge in [0.15, 0.2) is 0 Å². The van der Waals surface area contributed by atoms with Crippen molar-refractivity contribution in [2.45, 2.75) is 38.1 Å². The molecule has 6 atom stereocenters. The number of para-hydroxylation sites is 4. The van der Waals surface area contributed by atoms with E-state index in [-0.39, 0.29) is 6.04 Å². The lowest BCUT2D eigenvalue weighted by Gasteiger charge is -2.41. The number of allylic oxidation sites excluding steroid dienone is 4. The first-order valence-electron chi connectivity index (χ1n) is 19.4. The smallest absolute Gasteiger partial charge is 0.108 e. The highest BCUT2D eigenvalue weighted by Crippen LogP contribution is 2.88. The van der Waals surface area contributed by atoms with Crippen molar-refractivity contribution < 1.29 is 0 Å². The third kappa shape index (κ3) is 3.59. The van der Waals surface area contributed by atoms with Gasteiger partial charge < -0.3 is 9.13 Å². The molecule has 5 aromatic carbocycles. The lowest BCUT2D eigenvalue weighted by atomic mass is 9.63. The average molecular weight is 713 g/mol. The van der Waals surface area contributed by atoms with E-state index < -0.39 is 0 Å². The third-order valence-corrected chi connectivity index (χ3v) is 15.3. The average Bonchev–Trinajstić information content (AvgIpc) is 3.70. The maximum atomic E-state index is 5.60. The van der Waals surface area contributed by atoms with Crippen LogP contribution in [-0.2, 0) is 0 Å². The molecule has 0 amide bonds. The highest BCUT2D eigenvalue weighted by molar-refractivity contribution is 7.18. The molecule has 4 heterocycles. The van der Waals surface area contributed by atoms with Gasteiger partial charge in [-0.15, -0.1) is 11.3 Å². The number of hydrogen-bond acceptors (Lipinski definition) is 3. The third-order valence-electron chi connectivity index (χ3n) is 14.0. The summed E-state index contributed by atoms with van der Waals surface area (Å²) in [4.78, 5) is 13.7. The van der Waals surface area contributed by atoms with Crippen LogP contribution in [0.3, 0.4) is 0 Å². The Morgan fingerprint density at radius 2 is 1.20 bits per heavy atom. The SMILES string of the molecule is CC1C2c3nc4c(C5=CCC(n6c7ccccc7c7ccccc76)C=C5)sc(-c5ccc(-n6c7ccccc7c7ccccc76)cc5)c4nc3C3C2[C@]13C. The summed E-state index contributed by atoms with van der Waals surface area (Å²) >= 11 is 1.87. The normalized spacial score (nSPS) is 25.1. The predicted octanol–water partition coefficient (Wildman–Crippen LogP) is 12.6. The Balaban J connectivity index is 0.938. The Labute approximate surface area is 316 Å². The summed E-state index contributed by atoms with van der Waals surface area (Å²) in [5, 5.41) is 5.20. The Morgan fingerprint density at radius 1 is 0.648 bits per heavy atom. The molecule has 4 aliphatic rings. The second kappa shape index (κ2) is 10.2. The van der Waals surface area contributed by atoms with Crippen LogP contribution in [0.4, 0.5) is 0 Å². The Hall–Kier alpha value is -5.78. The van der Waals surface area contributed by atoms with Crippen molar-refractivity contribution in [3.8, 4) is 16.1 Å². The van der Waals surface area contributed by atoms with Crippen LogP contribution in [0.25, 0.3) is 76.3 Å². The fourth-order valence-corrected chi connectivity index (χ4v) is 12.5. The van der Waals surface area contributed by atoms with Crippen molar-refractivity contribution in [1.29, 1.82) is 0 Å². The van der Waals surface area contributed by atoms with E-state index in [0.29, 0.717) is 23.2 Å². The summed E-state index contributed by atoms with van der Waals surface area (Å²) in [7, 11) is 0. The van der Waals surface area contributed by atoms with Crippen LogP contribution in [0.2, 0.25) is 0 Å². The van der Waals surface area contributed by atoms with Crippen LogP contribution in [0.1, 0.15) is 54.4 Å². The topological polar surface area (TPSA) is 35.6 Å². The second-order valence-corrected chi connectivity index (χ2v) is 17.3. The molecular weight excluding hydrogens is 677 g/mol. The van der Waals surface area contributed by atoms with Gasteiger partial charge in [0.2, 0.25) is 0 Å². The van der Waals surface area contributed by atoms with Gasteiger partial charge in [-0.25, -0.2) is 9.97 Å². The summed E-state index contributed by atoms with van der Waals surface area (Å²) in [6.45, 7) is 4.92. The number of rotatable bonds is 4. The number of thiophene rings is 1. The molecule has 0 radical (unpaired) electrons. The van der Waals surface area contributed by atoms with E-state index in [1.165, 1.54) is 81.6 Å². The minimum atomic E-state index is 0.244. The summed E-state index contributed by atoms with van der Waals surface area (Å²) in [5.41, 5.74) is 13.8. The zero-order valence-electron chi connectivity index (χ0n) is 30.1. The van der Waals surface area contributed by atoms with Gasteiger partial charge in [0.25, 0.3) is 0 Å². The molecule has 0 spiro atoms. The molecule has 54 heavy (non-hydrogen) atoms. The van der Waals surface area contributed by atoms with Gasteiger partial charge in [0.1, 0.15) is 11.0 Å². The molecule has 4 aromatic heterocycles. The molecule has 13 rings (SSSR count). The van der Waals surface area contributed by atoms with Gasteiger partial charge in [-0.2, -0.15) is 0 Å². The molecule has 2 saturated carbocycles. The van der Waals surface area contributed by atoms with E-state index in [1.807, 2.05) is 11.3 Å². The largest absolute Gasteiger partial charge is 0.333 e. The molecule has 5 heteroatoms. The Morgan fingerprint density at radius 3 is 1.81 bits per heavy atom. The van der Waals surface area contributed by atoms with Crippen LogP contribution in [-0.4, -0.2) is 19.1 Å². The van der Waals surface area contributed by atoms with Crippen LogP contribution in [0.5, 0.6) is 0 Å². The number of aromatic nitrogens is 4. The molecule has 0 bridgehead atoms. The fraction of sp³-hybridized carbons (Fsp3) is 0.184. The quantitative estimate of drug-likeness (QED) is 0.182. The zero-order chi connectivity index (χ0) is 35.4. The van der Waals surface area contributed by atoms with Gasteiger partial charge in [0, 0.05) is 50.1 Å². The highest BCUT2D eigenvalue weighted by atomic mass is 32.1. The monoisotopic (exact) mass is 712 g/mol. The van der Waals surface area contributed by atoms with E-state index in [2.05, 4.69) is 163 Å². The molecule has 4 nitrogen and oxygen atoms in total. The summed E-state index contributed by atoms with van der Waals surface area (Å²) < 4.78 is 4.92. The van der Waals surface area contributed by atoms with Crippen molar-refractivity contribution in [1.82, 2.24) is 19.1 Å². The number of benzene rings is 5. The standard InChI is InChI=1S/C49H36N4S/c1-27-40-41-42(49(27,41)2)44-43(40)50-45-46(51-44)48(29-21-25-31(26-22-29)53-38-17-9-5-13-34(38)35-14-6-10-18-39(35)53)54-47(45)28-19-23-30(24-20-28)52-36-15-7-3-11-32(36)33-12-4-8-16-37(33)52/h3-23,25-27,30,40-42H,24H2,1-2H3/t27?,30?,40?,41?,42?,49-/m0/s1. The fourth-order valence-electron chi connectivity index (χ4n) is 11.3. The Bertz CT molecular complexity index is 3050.